The van der Waals surface area contributed by atoms with Crippen LogP contribution in [0.2, 0.25) is 5.02 Å². The number of hydrogen-bond donors (Lipinski definition) is 1. The summed E-state index contributed by atoms with van der Waals surface area (Å²) in [6, 6.07) is 7.42. The van der Waals surface area contributed by atoms with Crippen molar-refractivity contribution in [2.24, 2.45) is 5.73 Å². The highest BCUT2D eigenvalue weighted by molar-refractivity contribution is 9.10. The van der Waals surface area contributed by atoms with E-state index in [0.717, 1.165) is 21.3 Å². The molecular formula is C14H14BrClN2O. The van der Waals surface area contributed by atoms with E-state index in [2.05, 4.69) is 20.9 Å². The Morgan fingerprint density at radius 1 is 1.32 bits per heavy atom. The van der Waals surface area contributed by atoms with Crippen LogP contribution in [0.5, 0.6) is 11.6 Å². The summed E-state index contributed by atoms with van der Waals surface area (Å²) in [6.07, 6.45) is 0. The fourth-order valence-electron chi connectivity index (χ4n) is 1.82. The average Bonchev–Trinajstić information content (AvgIpc) is 2.33. The van der Waals surface area contributed by atoms with E-state index < -0.39 is 0 Å². The van der Waals surface area contributed by atoms with Gasteiger partial charge in [-0.05, 0) is 43.7 Å². The van der Waals surface area contributed by atoms with E-state index >= 15 is 0 Å². The van der Waals surface area contributed by atoms with Crippen LogP contribution in [0, 0.1) is 13.8 Å². The van der Waals surface area contributed by atoms with Crippen molar-refractivity contribution in [3.05, 3.63) is 50.6 Å². The van der Waals surface area contributed by atoms with Crippen LogP contribution in [0.3, 0.4) is 0 Å². The Hall–Kier alpha value is -1.10. The molecule has 19 heavy (non-hydrogen) atoms. The monoisotopic (exact) mass is 340 g/mol. The third-order valence-electron chi connectivity index (χ3n) is 2.74. The van der Waals surface area contributed by atoms with Gasteiger partial charge in [-0.2, -0.15) is 0 Å². The van der Waals surface area contributed by atoms with Crippen molar-refractivity contribution in [1.82, 2.24) is 4.98 Å². The summed E-state index contributed by atoms with van der Waals surface area (Å²) in [5.41, 5.74) is 8.60. The maximum absolute atomic E-state index is 6.12. The molecular weight excluding hydrogens is 328 g/mol. The lowest BCUT2D eigenvalue weighted by Gasteiger charge is -2.13. The average molecular weight is 342 g/mol. The largest absolute Gasteiger partial charge is 0.437 e. The Morgan fingerprint density at radius 2 is 2.05 bits per heavy atom. The van der Waals surface area contributed by atoms with Gasteiger partial charge in [-0.15, -0.1) is 0 Å². The number of nitrogens with two attached hydrogens (primary N) is 1. The maximum Gasteiger partial charge on any atom is 0.224 e. The molecule has 0 aliphatic carbocycles. The van der Waals surface area contributed by atoms with Crippen LogP contribution < -0.4 is 10.5 Å². The summed E-state index contributed by atoms with van der Waals surface area (Å²) in [7, 11) is 0. The van der Waals surface area contributed by atoms with Crippen LogP contribution in [-0.4, -0.2) is 4.98 Å². The number of nitrogens with zero attached hydrogens (tertiary/aromatic N) is 1. The summed E-state index contributed by atoms with van der Waals surface area (Å²) < 4.78 is 6.71. The first-order valence-corrected chi connectivity index (χ1v) is 6.98. The third kappa shape index (κ3) is 3.26. The zero-order valence-electron chi connectivity index (χ0n) is 10.7. The number of pyridine rings is 1. The minimum atomic E-state index is 0.375. The molecule has 2 N–H and O–H groups in total. The minimum Gasteiger partial charge on any atom is -0.437 e. The fraction of sp³-hybridized carbons (Fsp3) is 0.214. The van der Waals surface area contributed by atoms with E-state index in [1.807, 2.05) is 32.0 Å². The Balaban J connectivity index is 2.45. The molecule has 2 rings (SSSR count). The normalized spacial score (nSPS) is 10.6. The van der Waals surface area contributed by atoms with Gasteiger partial charge in [-0.1, -0.05) is 27.5 Å². The Morgan fingerprint density at radius 3 is 2.74 bits per heavy atom. The molecule has 0 atom stereocenters. The first-order valence-electron chi connectivity index (χ1n) is 5.81. The standard InChI is InChI=1S/C14H14BrClN2O/c1-8-5-9(2)18-14(11(8)7-17)19-13-6-10(15)3-4-12(13)16/h3-6H,7,17H2,1-2H3. The number of halogens is 2. The summed E-state index contributed by atoms with van der Waals surface area (Å²) >= 11 is 9.51. The molecule has 0 spiro atoms. The number of aromatic nitrogens is 1. The van der Waals surface area contributed by atoms with Gasteiger partial charge in [0.25, 0.3) is 0 Å². The molecule has 0 bridgehead atoms. The Bertz CT molecular complexity index is 617. The Kier molecular flexibility index (Phi) is 4.45. The Labute approximate surface area is 125 Å². The number of hydrogen-bond acceptors (Lipinski definition) is 3. The number of aryl methyl sites for hydroxylation is 2. The predicted octanol–water partition coefficient (Wildman–Crippen LogP) is 4.37. The fourth-order valence-corrected chi connectivity index (χ4v) is 2.32. The van der Waals surface area contributed by atoms with Crippen molar-refractivity contribution < 1.29 is 4.74 Å². The van der Waals surface area contributed by atoms with Crippen LogP contribution >= 0.6 is 27.5 Å². The maximum atomic E-state index is 6.12. The molecule has 0 saturated heterocycles. The van der Waals surface area contributed by atoms with Crippen molar-refractivity contribution in [3.63, 3.8) is 0 Å². The SMILES string of the molecule is Cc1cc(C)c(CN)c(Oc2cc(Br)ccc2Cl)n1. The molecule has 0 aliphatic heterocycles. The smallest absolute Gasteiger partial charge is 0.224 e. The molecule has 3 nitrogen and oxygen atoms in total. The van der Waals surface area contributed by atoms with E-state index in [0.29, 0.717) is 23.2 Å². The van der Waals surface area contributed by atoms with Crippen molar-refractivity contribution in [2.45, 2.75) is 20.4 Å². The van der Waals surface area contributed by atoms with Gasteiger partial charge in [-0.3, -0.25) is 0 Å². The molecule has 0 saturated carbocycles. The lowest BCUT2D eigenvalue weighted by atomic mass is 10.1. The zero-order chi connectivity index (χ0) is 14.0. The van der Waals surface area contributed by atoms with Gasteiger partial charge in [-0.25, -0.2) is 4.98 Å². The molecule has 0 unspecified atom stereocenters. The van der Waals surface area contributed by atoms with Gasteiger partial charge in [0.05, 0.1) is 5.02 Å². The summed E-state index contributed by atoms with van der Waals surface area (Å²) in [4.78, 5) is 4.39. The van der Waals surface area contributed by atoms with E-state index in [1.165, 1.54) is 0 Å². The minimum absolute atomic E-state index is 0.375. The molecule has 1 heterocycles. The molecule has 5 heteroatoms. The first-order chi connectivity index (χ1) is 9.01. The molecule has 0 amide bonds. The second-order valence-corrected chi connectivity index (χ2v) is 5.57. The number of rotatable bonds is 3. The van der Waals surface area contributed by atoms with E-state index in [-0.39, 0.29) is 0 Å². The van der Waals surface area contributed by atoms with Crippen LogP contribution in [0.4, 0.5) is 0 Å². The van der Waals surface area contributed by atoms with Crippen LogP contribution in [0.25, 0.3) is 0 Å². The number of ether oxygens (including phenoxy) is 1. The van der Waals surface area contributed by atoms with Gasteiger partial charge in [0.2, 0.25) is 5.88 Å². The van der Waals surface area contributed by atoms with Crippen LogP contribution in [0.1, 0.15) is 16.8 Å². The zero-order valence-corrected chi connectivity index (χ0v) is 13.0. The summed E-state index contributed by atoms with van der Waals surface area (Å²) in [5.74, 6) is 1.07. The van der Waals surface area contributed by atoms with Crippen molar-refractivity contribution in [2.75, 3.05) is 0 Å². The van der Waals surface area contributed by atoms with Gasteiger partial charge < -0.3 is 10.5 Å². The highest BCUT2D eigenvalue weighted by Gasteiger charge is 2.12. The van der Waals surface area contributed by atoms with E-state index in [4.69, 9.17) is 22.1 Å². The lowest BCUT2D eigenvalue weighted by molar-refractivity contribution is 0.454. The molecule has 100 valence electrons. The second-order valence-electron chi connectivity index (χ2n) is 4.25. The predicted molar refractivity (Wildman–Crippen MR) is 80.8 cm³/mol. The highest BCUT2D eigenvalue weighted by Crippen LogP contribution is 2.33. The molecule has 1 aromatic carbocycles. The molecule has 2 aromatic rings. The summed E-state index contributed by atoms with van der Waals surface area (Å²) in [6.45, 7) is 4.29. The van der Waals surface area contributed by atoms with Gasteiger partial charge in [0.1, 0.15) is 5.75 Å². The second kappa shape index (κ2) is 5.90. The molecule has 0 aliphatic rings. The van der Waals surface area contributed by atoms with E-state index in [1.54, 1.807) is 6.07 Å². The molecule has 1 aromatic heterocycles. The van der Waals surface area contributed by atoms with Crippen LogP contribution in [-0.2, 0) is 6.54 Å². The summed E-state index contributed by atoms with van der Waals surface area (Å²) in [5, 5.41) is 0.534. The quantitative estimate of drug-likeness (QED) is 0.902. The van der Waals surface area contributed by atoms with Crippen molar-refractivity contribution >= 4 is 27.5 Å². The molecule has 0 fully saturated rings. The van der Waals surface area contributed by atoms with Crippen molar-refractivity contribution in [1.29, 1.82) is 0 Å². The first kappa shape index (κ1) is 14.3. The molecule has 0 radical (unpaired) electrons. The lowest BCUT2D eigenvalue weighted by Crippen LogP contribution is -2.05. The van der Waals surface area contributed by atoms with Gasteiger partial charge in [0, 0.05) is 22.3 Å². The highest BCUT2D eigenvalue weighted by atomic mass is 79.9. The number of benzene rings is 1. The van der Waals surface area contributed by atoms with Crippen molar-refractivity contribution in [3.8, 4) is 11.6 Å². The van der Waals surface area contributed by atoms with Gasteiger partial charge >= 0.3 is 0 Å². The van der Waals surface area contributed by atoms with E-state index in [9.17, 15) is 0 Å². The third-order valence-corrected chi connectivity index (χ3v) is 3.55. The van der Waals surface area contributed by atoms with Crippen LogP contribution in [0.15, 0.2) is 28.7 Å². The topological polar surface area (TPSA) is 48.1 Å². The van der Waals surface area contributed by atoms with Gasteiger partial charge in [0.15, 0.2) is 0 Å².